The van der Waals surface area contributed by atoms with Gasteiger partial charge in [0, 0.05) is 37.0 Å². The Kier molecular flexibility index (Phi) is 10.1. The maximum Gasteiger partial charge on any atom is 0.339 e. The van der Waals surface area contributed by atoms with E-state index in [1.807, 2.05) is 43.3 Å². The third kappa shape index (κ3) is 7.79. The van der Waals surface area contributed by atoms with Gasteiger partial charge in [-0.1, -0.05) is 24.3 Å². The fourth-order valence-electron chi connectivity index (χ4n) is 4.40. The van der Waals surface area contributed by atoms with E-state index in [1.54, 1.807) is 12.1 Å². The number of nitrogens with two attached hydrogens (primary N) is 1. The molecular formula is C28H35ClN2O6. The highest BCUT2D eigenvalue weighted by Gasteiger charge is 2.35. The number of amides is 1. The summed E-state index contributed by atoms with van der Waals surface area (Å²) >= 11 is 0. The highest BCUT2D eigenvalue weighted by molar-refractivity contribution is 5.85. The van der Waals surface area contributed by atoms with Gasteiger partial charge in [0.25, 0.3) is 0 Å². The first-order chi connectivity index (χ1) is 17.3. The summed E-state index contributed by atoms with van der Waals surface area (Å²) in [5.74, 6) is -0.0963. The predicted molar refractivity (Wildman–Crippen MR) is 144 cm³/mol. The molecule has 1 aliphatic heterocycles. The minimum Gasteiger partial charge on any atom is -0.494 e. The minimum absolute atomic E-state index is 0. The molecule has 3 aromatic rings. The van der Waals surface area contributed by atoms with Gasteiger partial charge in [0.15, 0.2) is 0 Å². The van der Waals surface area contributed by atoms with E-state index in [4.69, 9.17) is 19.6 Å². The fraction of sp³-hybridized carbons (Fsp3) is 0.429. The number of fused-ring (bicyclic) bond motifs is 1. The van der Waals surface area contributed by atoms with Crippen molar-refractivity contribution in [2.75, 3.05) is 39.5 Å². The summed E-state index contributed by atoms with van der Waals surface area (Å²) in [6.45, 7) is 7.06. The maximum absolute atomic E-state index is 12.5. The largest absolute Gasteiger partial charge is 0.494 e. The van der Waals surface area contributed by atoms with Crippen LogP contribution in [0, 0.1) is 6.92 Å². The highest BCUT2D eigenvalue weighted by atomic mass is 35.5. The lowest BCUT2D eigenvalue weighted by Crippen LogP contribution is -2.47. The molecule has 1 fully saturated rings. The second-order valence-electron chi connectivity index (χ2n) is 9.47. The highest BCUT2D eigenvalue weighted by Crippen LogP contribution is 2.23. The van der Waals surface area contributed by atoms with Gasteiger partial charge in [-0.3, -0.25) is 9.69 Å². The van der Waals surface area contributed by atoms with Crippen LogP contribution in [0.15, 0.2) is 57.7 Å². The van der Waals surface area contributed by atoms with Crippen molar-refractivity contribution in [3.05, 3.63) is 75.6 Å². The van der Waals surface area contributed by atoms with Gasteiger partial charge in [0.1, 0.15) is 16.9 Å². The van der Waals surface area contributed by atoms with E-state index in [2.05, 4.69) is 4.90 Å². The van der Waals surface area contributed by atoms with Crippen LogP contribution in [0.3, 0.4) is 0 Å². The normalized spacial score (nSPS) is 15.6. The first-order valence-electron chi connectivity index (χ1n) is 12.4. The monoisotopic (exact) mass is 530 g/mol. The molecule has 0 bridgehead atoms. The number of rotatable bonds is 11. The number of hydrogen-bond acceptors (Lipinski definition) is 7. The lowest BCUT2D eigenvalue weighted by molar-refractivity contribution is -0.136. The zero-order chi connectivity index (χ0) is 25.5. The molecule has 37 heavy (non-hydrogen) atoms. The summed E-state index contributed by atoms with van der Waals surface area (Å²) in [5, 5.41) is 11.8. The molecule has 2 heterocycles. The van der Waals surface area contributed by atoms with Crippen molar-refractivity contribution < 1.29 is 23.8 Å². The lowest BCUT2D eigenvalue weighted by Gasteiger charge is -2.26. The van der Waals surface area contributed by atoms with Gasteiger partial charge in [-0.15, -0.1) is 12.4 Å². The molecule has 9 heteroatoms. The van der Waals surface area contributed by atoms with Crippen LogP contribution < -0.4 is 16.1 Å². The van der Waals surface area contributed by atoms with Crippen molar-refractivity contribution in [1.29, 1.82) is 0 Å². The number of carbonyl (C=O) groups excluding carboxylic acids is 1. The molecule has 1 saturated heterocycles. The molecule has 1 aliphatic rings. The van der Waals surface area contributed by atoms with Crippen molar-refractivity contribution in [2.24, 2.45) is 5.73 Å². The van der Waals surface area contributed by atoms with E-state index in [9.17, 15) is 14.7 Å². The molecular weight excluding hydrogens is 496 g/mol. The quantitative estimate of drug-likeness (QED) is 0.289. The second kappa shape index (κ2) is 13.1. The number of nitrogens with zero attached hydrogens (tertiary/aromatic N) is 1. The van der Waals surface area contributed by atoms with Crippen molar-refractivity contribution >= 4 is 29.3 Å². The van der Waals surface area contributed by atoms with Crippen molar-refractivity contribution in [1.82, 2.24) is 4.90 Å². The molecule has 0 aliphatic carbocycles. The van der Waals surface area contributed by atoms with Crippen molar-refractivity contribution in [3.63, 3.8) is 0 Å². The first kappa shape index (κ1) is 28.7. The number of ether oxygens (including phenoxy) is 2. The van der Waals surface area contributed by atoms with E-state index in [0.29, 0.717) is 18.6 Å². The Hall–Kier alpha value is -2.91. The molecule has 200 valence electrons. The molecule has 1 amide bonds. The average molecular weight is 531 g/mol. The van der Waals surface area contributed by atoms with Gasteiger partial charge < -0.3 is 24.7 Å². The molecule has 0 spiro atoms. The number of morpholine rings is 1. The van der Waals surface area contributed by atoms with Gasteiger partial charge in [-0.05, 0) is 61.6 Å². The molecule has 0 radical (unpaired) electrons. The molecule has 4 rings (SSSR count). The number of halogens is 1. The zero-order valence-corrected chi connectivity index (χ0v) is 21.9. The Balaban J connectivity index is 0.00000380. The maximum atomic E-state index is 12.5. The Morgan fingerprint density at radius 1 is 1.14 bits per heavy atom. The average Bonchev–Trinajstić information content (AvgIpc) is 2.87. The van der Waals surface area contributed by atoms with Crippen LogP contribution in [0.5, 0.6) is 5.75 Å². The van der Waals surface area contributed by atoms with Gasteiger partial charge in [-0.25, -0.2) is 4.79 Å². The van der Waals surface area contributed by atoms with Crippen LogP contribution in [-0.4, -0.2) is 61.0 Å². The first-order valence-corrected chi connectivity index (χ1v) is 12.4. The Morgan fingerprint density at radius 2 is 1.86 bits per heavy atom. The van der Waals surface area contributed by atoms with E-state index in [0.717, 1.165) is 61.5 Å². The number of hydrogen-bond donors (Lipinski definition) is 2. The Morgan fingerprint density at radius 3 is 2.57 bits per heavy atom. The summed E-state index contributed by atoms with van der Waals surface area (Å²) in [4.78, 5) is 27.1. The number of primary amides is 1. The van der Waals surface area contributed by atoms with Gasteiger partial charge in [0.05, 0.1) is 19.8 Å². The zero-order valence-electron chi connectivity index (χ0n) is 21.1. The van der Waals surface area contributed by atoms with Crippen molar-refractivity contribution in [2.45, 2.75) is 38.2 Å². The van der Waals surface area contributed by atoms with Crippen LogP contribution in [-0.2, 0) is 22.4 Å². The third-order valence-electron chi connectivity index (χ3n) is 6.65. The molecule has 1 atom stereocenters. The minimum atomic E-state index is -1.87. The molecule has 8 nitrogen and oxygen atoms in total. The molecule has 0 saturated carbocycles. The van der Waals surface area contributed by atoms with Crippen LogP contribution in [0.4, 0.5) is 0 Å². The van der Waals surface area contributed by atoms with Crippen LogP contribution in [0.25, 0.3) is 11.0 Å². The number of aliphatic hydroxyl groups is 1. The predicted octanol–water partition coefficient (Wildman–Crippen LogP) is 3.02. The van der Waals surface area contributed by atoms with E-state index in [1.165, 1.54) is 0 Å². The topological polar surface area (TPSA) is 115 Å². The van der Waals surface area contributed by atoms with E-state index >= 15 is 0 Å². The summed E-state index contributed by atoms with van der Waals surface area (Å²) < 4.78 is 16.6. The SMILES string of the molecule is Cc1ccc2cc(CC(O)(CCc3ccc(OCCCN4CCOCC4)cc3)C(N)=O)c(=O)oc2c1.Cl. The van der Waals surface area contributed by atoms with E-state index < -0.39 is 17.1 Å². The second-order valence-corrected chi connectivity index (χ2v) is 9.47. The Labute approximate surface area is 222 Å². The van der Waals surface area contributed by atoms with Crippen molar-refractivity contribution in [3.8, 4) is 5.75 Å². The standard InChI is InChI=1S/C28H34N2O6.ClH/c1-20-3-6-22-18-23(26(31)36-25(22)17-20)19-28(33,27(29)32)10-9-21-4-7-24(8-5-21)35-14-2-11-30-12-15-34-16-13-30;/h3-8,17-18,33H,2,9-16,19H2,1H3,(H2,29,32);1H. The Bertz CT molecular complexity index is 1240. The van der Waals surface area contributed by atoms with Gasteiger partial charge in [-0.2, -0.15) is 0 Å². The van der Waals surface area contributed by atoms with E-state index in [-0.39, 0.29) is 30.8 Å². The van der Waals surface area contributed by atoms with Crippen LogP contribution >= 0.6 is 12.4 Å². The number of aryl methyl sites for hydroxylation is 2. The smallest absolute Gasteiger partial charge is 0.339 e. The van der Waals surface area contributed by atoms with Gasteiger partial charge in [0.2, 0.25) is 5.91 Å². The summed E-state index contributed by atoms with van der Waals surface area (Å²) in [6.07, 6.45) is 1.22. The molecule has 1 aromatic heterocycles. The molecule has 2 aromatic carbocycles. The van der Waals surface area contributed by atoms with Crippen LogP contribution in [0.2, 0.25) is 0 Å². The fourth-order valence-corrected chi connectivity index (χ4v) is 4.40. The molecule has 3 N–H and O–H groups in total. The third-order valence-corrected chi connectivity index (χ3v) is 6.65. The molecule has 1 unspecified atom stereocenters. The number of carbonyl (C=O) groups is 1. The summed E-state index contributed by atoms with van der Waals surface area (Å²) in [7, 11) is 0. The summed E-state index contributed by atoms with van der Waals surface area (Å²) in [5.41, 5.74) is 5.69. The number of benzene rings is 2. The lowest BCUT2D eigenvalue weighted by atomic mass is 9.88. The van der Waals surface area contributed by atoms with Crippen LogP contribution in [0.1, 0.15) is 29.5 Å². The summed E-state index contributed by atoms with van der Waals surface area (Å²) in [6, 6.07) is 14.8. The van der Waals surface area contributed by atoms with Gasteiger partial charge >= 0.3 is 5.63 Å².